The van der Waals surface area contributed by atoms with E-state index >= 15 is 0 Å². The van der Waals surface area contributed by atoms with Gasteiger partial charge in [0.05, 0.1) is 4.75 Å². The highest BCUT2D eigenvalue weighted by atomic mass is 32.2. The van der Waals surface area contributed by atoms with Gasteiger partial charge in [-0.05, 0) is 50.1 Å². The second kappa shape index (κ2) is 8.95. The zero-order chi connectivity index (χ0) is 26.4. The van der Waals surface area contributed by atoms with Crippen molar-refractivity contribution in [2.45, 2.75) is 53.5 Å². The average Bonchev–Trinajstić information content (AvgIpc) is 3.17. The fraction of sp³-hybridized carbons (Fsp3) is 0.435. The van der Waals surface area contributed by atoms with Crippen molar-refractivity contribution in [3.8, 4) is 0 Å². The number of aliphatic hydroxyl groups is 1. The van der Waals surface area contributed by atoms with E-state index in [1.807, 2.05) is 0 Å². The van der Waals surface area contributed by atoms with E-state index in [-0.39, 0.29) is 25.1 Å². The highest BCUT2D eigenvalue weighted by Crippen LogP contribution is 2.54. The van der Waals surface area contributed by atoms with E-state index < -0.39 is 45.7 Å². The summed E-state index contributed by atoms with van der Waals surface area (Å²) in [6.07, 6.45) is -12.3. The quantitative estimate of drug-likeness (QED) is 0.478. The number of nitrogens with zero attached hydrogens (tertiary/aromatic N) is 1. The Morgan fingerprint density at radius 2 is 1.43 bits per heavy atom. The molecule has 0 unspecified atom stereocenters. The van der Waals surface area contributed by atoms with Crippen molar-refractivity contribution in [1.82, 2.24) is 4.90 Å². The number of carbonyl (C=O) groups is 1. The fourth-order valence-electron chi connectivity index (χ4n) is 3.94. The van der Waals surface area contributed by atoms with Gasteiger partial charge in [0, 0.05) is 23.5 Å². The predicted molar refractivity (Wildman–Crippen MR) is 113 cm³/mol. The number of amides is 1. The third-order valence-electron chi connectivity index (χ3n) is 5.76. The summed E-state index contributed by atoms with van der Waals surface area (Å²) in [6, 6.07) is 8.04. The largest absolute Gasteiger partial charge is 0.435 e. The average molecular weight is 527 g/mol. The van der Waals surface area contributed by atoms with E-state index in [2.05, 4.69) is 0 Å². The zero-order valence-corrected chi connectivity index (χ0v) is 19.3. The van der Waals surface area contributed by atoms with E-state index in [0.717, 1.165) is 23.9 Å². The summed E-state index contributed by atoms with van der Waals surface area (Å²) in [5, 5.41) is 10.1. The van der Waals surface area contributed by atoms with Crippen molar-refractivity contribution >= 4 is 17.7 Å². The molecule has 1 aliphatic heterocycles. The first-order valence-electron chi connectivity index (χ1n) is 10.3. The van der Waals surface area contributed by atoms with Crippen LogP contribution in [0, 0.1) is 5.82 Å². The highest BCUT2D eigenvalue weighted by molar-refractivity contribution is 8.00. The summed E-state index contributed by atoms with van der Waals surface area (Å²) in [5.74, 6) is -1.13. The Morgan fingerprint density at radius 1 is 0.914 bits per heavy atom. The van der Waals surface area contributed by atoms with Gasteiger partial charge in [-0.2, -0.15) is 26.3 Å². The van der Waals surface area contributed by atoms with Crippen LogP contribution >= 0.6 is 11.8 Å². The van der Waals surface area contributed by atoms with Gasteiger partial charge in [0.15, 0.2) is 0 Å². The number of likely N-dealkylation sites (tertiary alicyclic amines) is 1. The van der Waals surface area contributed by atoms with Crippen LogP contribution in [0.4, 0.5) is 35.1 Å². The summed E-state index contributed by atoms with van der Waals surface area (Å²) < 4.78 is 106. The lowest BCUT2D eigenvalue weighted by Crippen LogP contribution is -2.50. The van der Waals surface area contributed by atoms with Gasteiger partial charge in [-0.1, -0.05) is 24.3 Å². The molecule has 192 valence electrons. The van der Waals surface area contributed by atoms with Crippen LogP contribution in [0.1, 0.15) is 31.4 Å². The number of hydrogen-bond donors (Lipinski definition) is 1. The Balaban J connectivity index is 2.04. The topological polar surface area (TPSA) is 40.5 Å². The van der Waals surface area contributed by atoms with Crippen LogP contribution in [0.5, 0.6) is 0 Å². The number of rotatable bonds is 5. The molecule has 0 bridgehead atoms. The first-order valence-corrected chi connectivity index (χ1v) is 11.1. The van der Waals surface area contributed by atoms with Gasteiger partial charge >= 0.3 is 18.0 Å². The smallest absolute Gasteiger partial charge is 0.381 e. The van der Waals surface area contributed by atoms with Gasteiger partial charge in [0.1, 0.15) is 11.4 Å². The zero-order valence-electron chi connectivity index (χ0n) is 18.5. The van der Waals surface area contributed by atoms with Crippen molar-refractivity contribution in [2.24, 2.45) is 0 Å². The van der Waals surface area contributed by atoms with Crippen LogP contribution in [0.3, 0.4) is 0 Å². The van der Waals surface area contributed by atoms with E-state index in [1.54, 1.807) is 0 Å². The van der Waals surface area contributed by atoms with E-state index in [9.17, 15) is 45.0 Å². The SMILES string of the molecule is CC(C)(O)C(=O)N1CC[C@@](Sc2ccc(F)cc2)(c2ccc(C(F)(C(F)(F)F)C(F)(F)F)cc2)C1. The molecule has 1 aliphatic rings. The molecule has 0 radical (unpaired) electrons. The molecular formula is C23H21F8NO2S. The van der Waals surface area contributed by atoms with Gasteiger partial charge < -0.3 is 10.0 Å². The van der Waals surface area contributed by atoms with Crippen molar-refractivity contribution in [3.05, 3.63) is 65.5 Å². The van der Waals surface area contributed by atoms with Crippen LogP contribution in [0.25, 0.3) is 0 Å². The monoisotopic (exact) mass is 527 g/mol. The molecule has 2 aromatic carbocycles. The summed E-state index contributed by atoms with van der Waals surface area (Å²) in [5.41, 5.74) is -8.65. The Hall–Kier alpha value is -2.34. The number of alkyl halides is 7. The van der Waals surface area contributed by atoms with Crippen LogP contribution in [0.15, 0.2) is 53.4 Å². The minimum atomic E-state index is -6.24. The van der Waals surface area contributed by atoms with E-state index in [4.69, 9.17) is 0 Å². The molecule has 0 aromatic heterocycles. The number of benzene rings is 2. The molecule has 1 atom stereocenters. The lowest BCUT2D eigenvalue weighted by Gasteiger charge is -2.33. The molecule has 0 spiro atoms. The third kappa shape index (κ3) is 5.13. The second-order valence-corrected chi connectivity index (χ2v) is 10.3. The molecule has 3 nitrogen and oxygen atoms in total. The maximum atomic E-state index is 14.5. The highest BCUT2D eigenvalue weighted by Gasteiger charge is 2.73. The summed E-state index contributed by atoms with van der Waals surface area (Å²) in [4.78, 5) is 14.5. The number of carbonyl (C=O) groups excluding carboxylic acids is 1. The van der Waals surface area contributed by atoms with Crippen LogP contribution in [-0.2, 0) is 15.2 Å². The number of hydrogen-bond acceptors (Lipinski definition) is 3. The minimum Gasteiger partial charge on any atom is -0.381 e. The predicted octanol–water partition coefficient (Wildman–Crippen LogP) is 6.11. The molecule has 35 heavy (non-hydrogen) atoms. The van der Waals surface area contributed by atoms with Crippen LogP contribution in [-0.4, -0.2) is 47.0 Å². The van der Waals surface area contributed by atoms with Crippen molar-refractivity contribution in [1.29, 1.82) is 0 Å². The maximum absolute atomic E-state index is 14.5. The lowest BCUT2D eigenvalue weighted by atomic mass is 9.90. The van der Waals surface area contributed by atoms with E-state index in [0.29, 0.717) is 17.0 Å². The standard InChI is InChI=1S/C23H21F8NO2S/c1-19(2,34)18(33)32-12-11-20(13-32,35-17-9-7-16(24)8-10-17)14-3-5-15(6-4-14)21(25,22(26,27)28)23(29,30)31/h3-10,34H,11-13H2,1-2H3/t20-/m0/s1. The Kier molecular flexibility index (Phi) is 6.97. The molecule has 1 fully saturated rings. The molecule has 0 saturated carbocycles. The Labute approximate surface area is 200 Å². The second-order valence-electron chi connectivity index (χ2n) is 8.82. The molecule has 3 rings (SSSR count). The van der Waals surface area contributed by atoms with Gasteiger partial charge in [-0.15, -0.1) is 11.8 Å². The number of halogens is 8. The van der Waals surface area contributed by atoms with Crippen molar-refractivity contribution in [2.75, 3.05) is 13.1 Å². The normalized spacial score (nSPS) is 19.8. The fourth-order valence-corrected chi connectivity index (χ4v) is 5.33. The molecule has 2 aromatic rings. The first-order chi connectivity index (χ1) is 15.9. The maximum Gasteiger partial charge on any atom is 0.435 e. The van der Waals surface area contributed by atoms with Gasteiger partial charge in [-0.25, -0.2) is 8.78 Å². The van der Waals surface area contributed by atoms with Crippen LogP contribution < -0.4 is 0 Å². The summed E-state index contributed by atoms with van der Waals surface area (Å²) in [7, 11) is 0. The van der Waals surface area contributed by atoms with E-state index in [1.165, 1.54) is 43.0 Å². The molecule has 0 aliphatic carbocycles. The number of thioether (sulfide) groups is 1. The molecule has 1 N–H and O–H groups in total. The van der Waals surface area contributed by atoms with Gasteiger partial charge in [0.2, 0.25) is 0 Å². The van der Waals surface area contributed by atoms with Crippen LogP contribution in [0.2, 0.25) is 0 Å². The minimum absolute atomic E-state index is 0.0451. The first kappa shape index (κ1) is 27.3. The lowest BCUT2D eigenvalue weighted by molar-refractivity contribution is -0.348. The molecular weight excluding hydrogens is 506 g/mol. The van der Waals surface area contributed by atoms with Gasteiger partial charge in [0.25, 0.3) is 5.91 Å². The third-order valence-corrected chi connectivity index (χ3v) is 7.23. The Bertz CT molecular complexity index is 1050. The molecule has 1 saturated heterocycles. The summed E-state index contributed by atoms with van der Waals surface area (Å²) in [6.45, 7) is 2.66. The molecule has 1 heterocycles. The van der Waals surface area contributed by atoms with Gasteiger partial charge in [-0.3, -0.25) is 4.79 Å². The van der Waals surface area contributed by atoms with Crippen molar-refractivity contribution < 1.29 is 45.0 Å². The van der Waals surface area contributed by atoms with Crippen molar-refractivity contribution in [3.63, 3.8) is 0 Å². The summed E-state index contributed by atoms with van der Waals surface area (Å²) >= 11 is 1.14. The Morgan fingerprint density at radius 3 is 1.89 bits per heavy atom. The molecule has 12 heteroatoms. The molecule has 1 amide bonds.